The molecular formula is C52H95NO5. The van der Waals surface area contributed by atoms with Crippen molar-refractivity contribution in [2.24, 2.45) is 0 Å². The predicted molar refractivity (Wildman–Crippen MR) is 250 cm³/mol. The number of unbranched alkanes of at least 4 members (excludes halogenated alkanes) is 24. The van der Waals surface area contributed by atoms with Crippen LogP contribution in [0.3, 0.4) is 0 Å². The molecule has 3 unspecified atom stereocenters. The number of hydrogen-bond donors (Lipinski definition) is 3. The van der Waals surface area contributed by atoms with E-state index in [4.69, 9.17) is 4.74 Å². The average Bonchev–Trinajstić information content (AvgIpc) is 3.21. The van der Waals surface area contributed by atoms with E-state index in [1.165, 1.54) is 109 Å². The van der Waals surface area contributed by atoms with Gasteiger partial charge in [0.25, 0.3) is 0 Å². The first kappa shape index (κ1) is 55.8. The Balaban J connectivity index is 4.41. The Labute approximate surface area is 359 Å². The number of carbonyl (C=O) groups excluding carboxylic acids is 2. The summed E-state index contributed by atoms with van der Waals surface area (Å²) in [6.07, 6.45) is 54.7. The first-order valence-corrected chi connectivity index (χ1v) is 24.9. The molecule has 6 heteroatoms. The van der Waals surface area contributed by atoms with Crippen LogP contribution >= 0.6 is 0 Å². The summed E-state index contributed by atoms with van der Waals surface area (Å²) in [5.74, 6) is -0.511. The van der Waals surface area contributed by atoms with Crippen molar-refractivity contribution in [3.63, 3.8) is 0 Å². The molecule has 58 heavy (non-hydrogen) atoms. The summed E-state index contributed by atoms with van der Waals surface area (Å²) in [6.45, 7) is 6.33. The van der Waals surface area contributed by atoms with Crippen LogP contribution < -0.4 is 5.32 Å². The monoisotopic (exact) mass is 814 g/mol. The molecule has 6 nitrogen and oxygen atoms in total. The van der Waals surface area contributed by atoms with Gasteiger partial charge in [0.05, 0.1) is 25.2 Å². The predicted octanol–water partition coefficient (Wildman–Crippen LogP) is 14.7. The van der Waals surface area contributed by atoms with Gasteiger partial charge in [-0.3, -0.25) is 9.59 Å². The second-order valence-electron chi connectivity index (χ2n) is 16.8. The van der Waals surface area contributed by atoms with E-state index < -0.39 is 18.2 Å². The Morgan fingerprint density at radius 2 is 0.931 bits per heavy atom. The van der Waals surface area contributed by atoms with E-state index >= 15 is 0 Å². The third-order valence-corrected chi connectivity index (χ3v) is 11.2. The van der Waals surface area contributed by atoms with Gasteiger partial charge in [0, 0.05) is 6.42 Å². The summed E-state index contributed by atoms with van der Waals surface area (Å²) >= 11 is 0. The molecule has 0 saturated carbocycles. The van der Waals surface area contributed by atoms with Crippen LogP contribution in [0.5, 0.6) is 0 Å². The van der Waals surface area contributed by atoms with Gasteiger partial charge in [0.15, 0.2) is 0 Å². The van der Waals surface area contributed by atoms with Crippen molar-refractivity contribution in [1.82, 2.24) is 5.32 Å². The normalized spacial score (nSPS) is 13.7. The lowest BCUT2D eigenvalue weighted by Gasteiger charge is -2.24. The lowest BCUT2D eigenvalue weighted by molar-refractivity contribution is -0.151. The molecule has 0 aromatic rings. The first-order valence-electron chi connectivity index (χ1n) is 24.9. The van der Waals surface area contributed by atoms with Crippen LogP contribution in [0.2, 0.25) is 0 Å². The molecule has 338 valence electrons. The van der Waals surface area contributed by atoms with Crippen molar-refractivity contribution < 1.29 is 24.5 Å². The molecule has 1 amide bonds. The summed E-state index contributed by atoms with van der Waals surface area (Å²) in [4.78, 5) is 26.0. The summed E-state index contributed by atoms with van der Waals surface area (Å²) < 4.78 is 5.88. The van der Waals surface area contributed by atoms with Gasteiger partial charge in [-0.2, -0.15) is 0 Å². The molecule has 0 spiro atoms. The second kappa shape index (κ2) is 45.9. The van der Waals surface area contributed by atoms with Crippen molar-refractivity contribution in [3.8, 4) is 0 Å². The topological polar surface area (TPSA) is 95.9 Å². The molecule has 3 atom stereocenters. The highest BCUT2D eigenvalue weighted by Crippen LogP contribution is 2.18. The number of carbonyl (C=O) groups is 2. The molecular weight excluding hydrogens is 719 g/mol. The highest BCUT2D eigenvalue weighted by atomic mass is 16.5. The molecule has 0 aromatic carbocycles. The molecule has 0 saturated heterocycles. The summed E-state index contributed by atoms with van der Waals surface area (Å²) in [7, 11) is 0. The van der Waals surface area contributed by atoms with E-state index in [1.807, 2.05) is 0 Å². The smallest absolute Gasteiger partial charge is 0.306 e. The maximum atomic E-state index is 13.1. The van der Waals surface area contributed by atoms with Crippen molar-refractivity contribution in [2.75, 3.05) is 6.61 Å². The minimum absolute atomic E-state index is 0.0652. The number of ether oxygens (including phenoxy) is 1. The number of nitrogens with one attached hydrogen (secondary N) is 1. The Bertz CT molecular complexity index is 1000. The maximum absolute atomic E-state index is 13.1. The molecule has 0 rings (SSSR count). The van der Waals surface area contributed by atoms with E-state index in [1.54, 1.807) is 0 Å². The number of aliphatic hydroxyl groups is 2. The molecule has 0 bridgehead atoms. The van der Waals surface area contributed by atoms with Crippen LogP contribution in [0.15, 0.2) is 48.6 Å². The Hall–Kier alpha value is -2.18. The molecule has 0 radical (unpaired) electrons. The summed E-state index contributed by atoms with van der Waals surface area (Å²) in [6, 6.07) is -0.705. The summed E-state index contributed by atoms with van der Waals surface area (Å²) in [5, 5.41) is 23.7. The zero-order valence-electron chi connectivity index (χ0n) is 38.4. The number of allylic oxidation sites excluding steroid dienone is 8. The fourth-order valence-electron chi connectivity index (χ4n) is 7.42. The second-order valence-corrected chi connectivity index (χ2v) is 16.8. The number of hydrogen-bond acceptors (Lipinski definition) is 5. The largest absolute Gasteiger partial charge is 0.462 e. The van der Waals surface area contributed by atoms with Crippen LogP contribution in [0.1, 0.15) is 245 Å². The van der Waals surface area contributed by atoms with Crippen LogP contribution in [-0.4, -0.2) is 46.9 Å². The lowest BCUT2D eigenvalue weighted by atomic mass is 10.0. The third kappa shape index (κ3) is 40.6. The van der Waals surface area contributed by atoms with Crippen molar-refractivity contribution >= 4 is 11.9 Å². The molecule has 3 N–H and O–H groups in total. The Morgan fingerprint density at radius 1 is 0.517 bits per heavy atom. The van der Waals surface area contributed by atoms with E-state index in [0.717, 1.165) is 89.9 Å². The molecule has 0 fully saturated rings. The molecule has 0 aliphatic heterocycles. The van der Waals surface area contributed by atoms with Crippen LogP contribution in [0.25, 0.3) is 0 Å². The fraction of sp³-hybridized carbons (Fsp3) is 0.808. The van der Waals surface area contributed by atoms with E-state index in [0.29, 0.717) is 19.3 Å². The lowest BCUT2D eigenvalue weighted by Crippen LogP contribution is -2.46. The SMILES string of the molecule is CC/C=C/C/C=C/C/C=C/C/C=C/CCCCCC(=O)OC(CCCCCCCCC)CC(=O)NC(CO)C(O)CCCCCCCCCCCCCCCCCC. The van der Waals surface area contributed by atoms with Crippen molar-refractivity contribution in [2.45, 2.75) is 264 Å². The minimum atomic E-state index is -0.790. The number of esters is 1. The highest BCUT2D eigenvalue weighted by Gasteiger charge is 2.24. The van der Waals surface area contributed by atoms with Crippen molar-refractivity contribution in [1.29, 1.82) is 0 Å². The third-order valence-electron chi connectivity index (χ3n) is 11.2. The zero-order chi connectivity index (χ0) is 42.4. The molecule has 0 heterocycles. The van der Waals surface area contributed by atoms with Crippen LogP contribution in [0.4, 0.5) is 0 Å². The Morgan fingerprint density at radius 3 is 1.40 bits per heavy atom. The standard InChI is InChI=1S/C52H95NO5/c1-4-7-10-13-16-18-20-22-24-26-28-30-32-35-38-41-44-50(55)49(47-54)53-51(56)46-48(43-40-37-34-15-12-9-6-3)58-52(57)45-42-39-36-33-31-29-27-25-23-21-19-17-14-11-8-5-2/h8,11,17,19,23,25,29,31,48-50,54-55H,4-7,9-10,12-16,18,20-22,24,26-28,30,32-47H2,1-3H3,(H,53,56)/b11-8+,19-17+,25-23+,31-29+. The number of rotatable bonds is 44. The van der Waals surface area contributed by atoms with Gasteiger partial charge in [-0.25, -0.2) is 0 Å². The number of amides is 1. The molecule has 0 aromatic heterocycles. The van der Waals surface area contributed by atoms with Gasteiger partial charge in [-0.05, 0) is 64.2 Å². The van der Waals surface area contributed by atoms with Crippen molar-refractivity contribution in [3.05, 3.63) is 48.6 Å². The zero-order valence-corrected chi connectivity index (χ0v) is 38.4. The van der Waals surface area contributed by atoms with E-state index in [9.17, 15) is 19.8 Å². The van der Waals surface area contributed by atoms with Gasteiger partial charge in [-0.15, -0.1) is 0 Å². The Kier molecular flexibility index (Phi) is 44.2. The fourth-order valence-corrected chi connectivity index (χ4v) is 7.42. The molecule has 0 aliphatic carbocycles. The average molecular weight is 814 g/mol. The van der Waals surface area contributed by atoms with Crippen LogP contribution in [0, 0.1) is 0 Å². The van der Waals surface area contributed by atoms with Gasteiger partial charge < -0.3 is 20.3 Å². The number of aliphatic hydroxyl groups excluding tert-OH is 2. The quantitative estimate of drug-likeness (QED) is 0.0323. The molecule has 0 aliphatic rings. The first-order chi connectivity index (χ1) is 28.5. The highest BCUT2D eigenvalue weighted by molar-refractivity contribution is 5.77. The van der Waals surface area contributed by atoms with E-state index in [-0.39, 0.29) is 24.9 Å². The maximum Gasteiger partial charge on any atom is 0.306 e. The van der Waals surface area contributed by atoms with Crippen LogP contribution in [-0.2, 0) is 14.3 Å². The summed E-state index contributed by atoms with van der Waals surface area (Å²) in [5.41, 5.74) is 0. The van der Waals surface area contributed by atoms with Gasteiger partial charge in [-0.1, -0.05) is 217 Å². The van der Waals surface area contributed by atoms with Gasteiger partial charge >= 0.3 is 5.97 Å². The van der Waals surface area contributed by atoms with Gasteiger partial charge in [0.2, 0.25) is 5.91 Å². The van der Waals surface area contributed by atoms with Gasteiger partial charge in [0.1, 0.15) is 6.10 Å². The van der Waals surface area contributed by atoms with E-state index in [2.05, 4.69) is 74.7 Å². The minimum Gasteiger partial charge on any atom is -0.462 e.